The number of aromatic nitrogens is 2. The smallest absolute Gasteiger partial charge is 0.317 e. The molecule has 1 saturated heterocycles. The van der Waals surface area contributed by atoms with Gasteiger partial charge in [0.15, 0.2) is 5.76 Å². The van der Waals surface area contributed by atoms with Crippen LogP contribution in [0.4, 0.5) is 0 Å². The van der Waals surface area contributed by atoms with Gasteiger partial charge in [0, 0.05) is 23.3 Å². The zero-order chi connectivity index (χ0) is 18.1. The third-order valence-electron chi connectivity index (χ3n) is 4.54. The molecule has 0 bridgehead atoms. The topological polar surface area (TPSA) is 68.5 Å². The maximum atomic E-state index is 12.8. The van der Waals surface area contributed by atoms with E-state index in [0.717, 1.165) is 35.2 Å². The van der Waals surface area contributed by atoms with Crippen LogP contribution in [0.1, 0.15) is 34.8 Å². The number of nitrogens with zero attached hydrogens (tertiary/aromatic N) is 3. The van der Waals surface area contributed by atoms with E-state index in [0.29, 0.717) is 24.9 Å². The number of piperidine rings is 1. The average molecular weight is 351 g/mol. The summed E-state index contributed by atoms with van der Waals surface area (Å²) in [5.41, 5.74) is 2.47. The molecule has 6 nitrogen and oxygen atoms in total. The van der Waals surface area contributed by atoms with Crippen LogP contribution in [-0.2, 0) is 0 Å². The first kappa shape index (κ1) is 16.6. The van der Waals surface area contributed by atoms with Crippen molar-refractivity contribution in [3.8, 4) is 6.01 Å². The lowest BCUT2D eigenvalue weighted by molar-refractivity contribution is 0.0490. The van der Waals surface area contributed by atoms with Crippen molar-refractivity contribution in [2.75, 3.05) is 13.1 Å². The molecular formula is C20H21N3O3. The number of ether oxygens (including phenoxy) is 1. The van der Waals surface area contributed by atoms with Gasteiger partial charge in [-0.15, -0.1) is 0 Å². The summed E-state index contributed by atoms with van der Waals surface area (Å²) in [6.07, 6.45) is 1.64. The minimum atomic E-state index is -0.113. The van der Waals surface area contributed by atoms with Gasteiger partial charge in [0.1, 0.15) is 11.7 Å². The van der Waals surface area contributed by atoms with Crippen LogP contribution in [0.25, 0.3) is 11.0 Å². The van der Waals surface area contributed by atoms with E-state index in [1.807, 2.05) is 44.2 Å². The quantitative estimate of drug-likeness (QED) is 0.722. The number of hydrogen-bond donors (Lipinski definition) is 0. The van der Waals surface area contributed by atoms with Crippen LogP contribution in [0.3, 0.4) is 0 Å². The van der Waals surface area contributed by atoms with Gasteiger partial charge in [0.2, 0.25) is 0 Å². The Morgan fingerprint density at radius 2 is 1.96 bits per heavy atom. The molecule has 3 heterocycles. The molecule has 0 saturated carbocycles. The maximum absolute atomic E-state index is 12.8. The third kappa shape index (κ3) is 3.40. The van der Waals surface area contributed by atoms with Gasteiger partial charge in [-0.1, -0.05) is 18.2 Å². The average Bonchev–Trinajstić information content (AvgIpc) is 3.04. The van der Waals surface area contributed by atoms with Crippen LogP contribution in [0.15, 0.2) is 40.8 Å². The zero-order valence-electron chi connectivity index (χ0n) is 14.9. The van der Waals surface area contributed by atoms with E-state index in [4.69, 9.17) is 9.15 Å². The van der Waals surface area contributed by atoms with E-state index in [2.05, 4.69) is 9.97 Å². The van der Waals surface area contributed by atoms with E-state index >= 15 is 0 Å². The molecule has 134 valence electrons. The number of furan rings is 1. The second-order valence-electron chi connectivity index (χ2n) is 6.72. The molecule has 3 aromatic rings. The summed E-state index contributed by atoms with van der Waals surface area (Å²) in [5, 5.41) is 0.935. The second-order valence-corrected chi connectivity index (χ2v) is 6.72. The van der Waals surface area contributed by atoms with Gasteiger partial charge in [-0.2, -0.15) is 0 Å². The van der Waals surface area contributed by atoms with Crippen LogP contribution in [-0.4, -0.2) is 40.0 Å². The normalized spacial score (nSPS) is 17.5. The van der Waals surface area contributed by atoms with Crippen molar-refractivity contribution in [2.45, 2.75) is 32.8 Å². The van der Waals surface area contributed by atoms with E-state index in [1.54, 1.807) is 11.0 Å². The van der Waals surface area contributed by atoms with Gasteiger partial charge < -0.3 is 14.1 Å². The molecule has 0 N–H and O–H groups in total. The van der Waals surface area contributed by atoms with Crippen molar-refractivity contribution >= 4 is 16.9 Å². The zero-order valence-corrected chi connectivity index (χ0v) is 14.9. The number of aryl methyl sites for hydroxylation is 2. The van der Waals surface area contributed by atoms with E-state index in [-0.39, 0.29) is 12.0 Å². The molecule has 0 spiro atoms. The van der Waals surface area contributed by atoms with E-state index < -0.39 is 0 Å². The highest BCUT2D eigenvalue weighted by Gasteiger charge is 2.28. The Morgan fingerprint density at radius 3 is 2.73 bits per heavy atom. The van der Waals surface area contributed by atoms with Crippen molar-refractivity contribution in [3.63, 3.8) is 0 Å². The molecule has 1 aromatic carbocycles. The number of para-hydroxylation sites is 1. The fourth-order valence-electron chi connectivity index (χ4n) is 3.36. The lowest BCUT2D eigenvalue weighted by Gasteiger charge is -2.31. The fraction of sp³-hybridized carbons (Fsp3) is 0.350. The SMILES string of the molecule is Cc1cc(C)nc(OC2CCCN(C(=O)c3cc4ccccc4o3)C2)n1. The second kappa shape index (κ2) is 6.78. The molecule has 1 aliphatic rings. The fourth-order valence-corrected chi connectivity index (χ4v) is 3.36. The monoisotopic (exact) mass is 351 g/mol. The van der Waals surface area contributed by atoms with Crippen molar-refractivity contribution in [3.05, 3.63) is 53.5 Å². The highest BCUT2D eigenvalue weighted by atomic mass is 16.5. The van der Waals surface area contributed by atoms with Crippen molar-refractivity contribution in [2.24, 2.45) is 0 Å². The highest BCUT2D eigenvalue weighted by Crippen LogP contribution is 2.22. The summed E-state index contributed by atoms with van der Waals surface area (Å²) in [6.45, 7) is 5.04. The van der Waals surface area contributed by atoms with Gasteiger partial charge in [0.25, 0.3) is 5.91 Å². The number of carbonyl (C=O) groups is 1. The first-order chi connectivity index (χ1) is 12.6. The molecule has 4 rings (SSSR count). The molecule has 1 unspecified atom stereocenters. The predicted molar refractivity (Wildman–Crippen MR) is 97.3 cm³/mol. The Morgan fingerprint density at radius 1 is 1.19 bits per heavy atom. The molecule has 1 fully saturated rings. The molecule has 1 atom stereocenters. The van der Waals surface area contributed by atoms with Gasteiger partial charge in [-0.05, 0) is 44.9 Å². The van der Waals surface area contributed by atoms with Crippen LogP contribution in [0, 0.1) is 13.8 Å². The molecule has 0 radical (unpaired) electrons. The summed E-state index contributed by atoms with van der Waals surface area (Å²) >= 11 is 0. The number of hydrogen-bond acceptors (Lipinski definition) is 5. The Bertz CT molecular complexity index is 897. The Labute approximate surface area is 151 Å². The molecule has 0 aliphatic carbocycles. The van der Waals surface area contributed by atoms with Gasteiger partial charge in [0.05, 0.1) is 6.54 Å². The standard InChI is InChI=1S/C20H21N3O3/c1-13-10-14(2)22-20(21-13)25-16-7-5-9-23(12-16)19(24)18-11-15-6-3-4-8-17(15)26-18/h3-4,6,8,10-11,16H,5,7,9,12H2,1-2H3. The number of likely N-dealkylation sites (tertiary alicyclic amines) is 1. The summed E-state index contributed by atoms with van der Waals surface area (Å²) in [6, 6.07) is 11.7. The number of fused-ring (bicyclic) bond motifs is 1. The first-order valence-electron chi connectivity index (χ1n) is 8.85. The van der Waals surface area contributed by atoms with Crippen molar-refractivity contribution in [1.29, 1.82) is 0 Å². The number of rotatable bonds is 3. The summed E-state index contributed by atoms with van der Waals surface area (Å²) < 4.78 is 11.7. The molecular weight excluding hydrogens is 330 g/mol. The third-order valence-corrected chi connectivity index (χ3v) is 4.54. The highest BCUT2D eigenvalue weighted by molar-refractivity contribution is 5.96. The van der Waals surface area contributed by atoms with Crippen LogP contribution in [0.5, 0.6) is 6.01 Å². The lowest BCUT2D eigenvalue weighted by Crippen LogP contribution is -2.44. The Balaban J connectivity index is 1.48. The summed E-state index contributed by atoms with van der Waals surface area (Å²) in [5.74, 6) is 0.269. The predicted octanol–water partition coefficient (Wildman–Crippen LogP) is 3.52. The first-order valence-corrected chi connectivity index (χ1v) is 8.85. The van der Waals surface area contributed by atoms with Crippen molar-refractivity contribution in [1.82, 2.24) is 14.9 Å². The van der Waals surface area contributed by atoms with Crippen LogP contribution < -0.4 is 4.74 Å². The maximum Gasteiger partial charge on any atom is 0.317 e. The molecule has 1 amide bonds. The van der Waals surface area contributed by atoms with Gasteiger partial charge in [-0.3, -0.25) is 4.79 Å². The van der Waals surface area contributed by atoms with Crippen LogP contribution in [0.2, 0.25) is 0 Å². The van der Waals surface area contributed by atoms with Gasteiger partial charge >= 0.3 is 6.01 Å². The summed E-state index contributed by atoms with van der Waals surface area (Å²) in [4.78, 5) is 23.3. The van der Waals surface area contributed by atoms with E-state index in [1.165, 1.54) is 0 Å². The number of benzene rings is 1. The molecule has 6 heteroatoms. The largest absolute Gasteiger partial charge is 0.458 e. The molecule has 1 aliphatic heterocycles. The number of carbonyl (C=O) groups excluding carboxylic acids is 1. The van der Waals surface area contributed by atoms with Crippen LogP contribution >= 0.6 is 0 Å². The Hall–Kier alpha value is -2.89. The molecule has 26 heavy (non-hydrogen) atoms. The van der Waals surface area contributed by atoms with E-state index in [9.17, 15) is 4.79 Å². The molecule has 2 aromatic heterocycles. The number of amides is 1. The summed E-state index contributed by atoms with van der Waals surface area (Å²) in [7, 11) is 0. The minimum absolute atomic E-state index is 0.101. The van der Waals surface area contributed by atoms with Crippen molar-refractivity contribution < 1.29 is 13.9 Å². The lowest BCUT2D eigenvalue weighted by atomic mass is 10.1. The minimum Gasteiger partial charge on any atom is -0.458 e. The Kier molecular flexibility index (Phi) is 4.32. The van der Waals surface area contributed by atoms with Gasteiger partial charge in [-0.25, -0.2) is 9.97 Å².